The maximum Gasteiger partial charge on any atom is 0.254 e. The van der Waals surface area contributed by atoms with E-state index in [9.17, 15) is 4.79 Å². The van der Waals surface area contributed by atoms with Crippen molar-refractivity contribution in [3.8, 4) is 0 Å². The second kappa shape index (κ2) is 4.05. The highest BCUT2D eigenvalue weighted by molar-refractivity contribution is 7.80. The fraction of sp³-hybridized carbons (Fsp3) is 0.500. The van der Waals surface area contributed by atoms with Crippen molar-refractivity contribution in [3.05, 3.63) is 29.3 Å². The summed E-state index contributed by atoms with van der Waals surface area (Å²) >= 11 is 4.32. The average molecular weight is 247 g/mol. The molecule has 1 aromatic rings. The van der Waals surface area contributed by atoms with Crippen molar-refractivity contribution in [2.45, 2.75) is 37.1 Å². The molecule has 2 aliphatic rings. The summed E-state index contributed by atoms with van der Waals surface area (Å²) in [5.74, 6) is 0.953. The lowest BCUT2D eigenvalue weighted by molar-refractivity contribution is 0.0702. The van der Waals surface area contributed by atoms with E-state index in [1.165, 1.54) is 19.3 Å². The number of carbonyl (C=O) groups excluding carboxylic acids is 1. The fourth-order valence-corrected chi connectivity index (χ4v) is 3.37. The van der Waals surface area contributed by atoms with Crippen molar-refractivity contribution >= 4 is 18.5 Å². The summed E-state index contributed by atoms with van der Waals surface area (Å²) in [5.41, 5.74) is 1.88. The van der Waals surface area contributed by atoms with Gasteiger partial charge in [-0.3, -0.25) is 4.79 Å². The monoisotopic (exact) mass is 247 g/mol. The van der Waals surface area contributed by atoms with E-state index in [2.05, 4.69) is 17.5 Å². The van der Waals surface area contributed by atoms with E-state index in [0.29, 0.717) is 6.04 Å². The van der Waals surface area contributed by atoms with Crippen LogP contribution in [0.2, 0.25) is 0 Å². The number of hydrogen-bond acceptors (Lipinski definition) is 2. The number of likely N-dealkylation sites (tertiary alicyclic amines) is 1. The molecule has 2 nitrogen and oxygen atoms in total. The van der Waals surface area contributed by atoms with Gasteiger partial charge >= 0.3 is 0 Å². The molecule has 1 amide bonds. The first-order valence-corrected chi connectivity index (χ1v) is 6.70. The van der Waals surface area contributed by atoms with Crippen molar-refractivity contribution in [2.24, 2.45) is 5.92 Å². The molecule has 2 atom stereocenters. The van der Waals surface area contributed by atoms with Gasteiger partial charge in [0.15, 0.2) is 0 Å². The summed E-state index contributed by atoms with van der Waals surface area (Å²) in [6, 6.07) is 6.30. The van der Waals surface area contributed by atoms with Gasteiger partial charge < -0.3 is 4.90 Å². The van der Waals surface area contributed by atoms with Crippen molar-refractivity contribution < 1.29 is 4.79 Å². The lowest BCUT2D eigenvalue weighted by Gasteiger charge is -2.27. The number of fused-ring (bicyclic) bond motifs is 2. The number of aryl methyl sites for hydroxylation is 1. The number of benzene rings is 1. The van der Waals surface area contributed by atoms with Gasteiger partial charge in [0.05, 0.1) is 0 Å². The first-order valence-electron chi connectivity index (χ1n) is 6.26. The van der Waals surface area contributed by atoms with Crippen molar-refractivity contribution in [2.75, 3.05) is 6.54 Å². The number of rotatable bonds is 1. The Morgan fingerprint density at radius 2 is 2.24 bits per heavy atom. The van der Waals surface area contributed by atoms with Crippen LogP contribution in [-0.4, -0.2) is 23.4 Å². The molecule has 90 valence electrons. The molecular weight excluding hydrogens is 230 g/mol. The summed E-state index contributed by atoms with van der Waals surface area (Å²) in [4.78, 5) is 15.4. The molecule has 2 bridgehead atoms. The minimum atomic E-state index is 0.200. The quantitative estimate of drug-likeness (QED) is 0.757. The van der Waals surface area contributed by atoms with Gasteiger partial charge in [-0.25, -0.2) is 0 Å². The van der Waals surface area contributed by atoms with Crippen molar-refractivity contribution in [3.63, 3.8) is 0 Å². The van der Waals surface area contributed by atoms with Gasteiger partial charge in [0.25, 0.3) is 5.91 Å². The van der Waals surface area contributed by atoms with E-state index in [0.717, 1.165) is 28.5 Å². The van der Waals surface area contributed by atoms with Gasteiger partial charge in [-0.2, -0.15) is 0 Å². The van der Waals surface area contributed by atoms with Gasteiger partial charge in [-0.15, -0.1) is 12.6 Å². The number of carbonyl (C=O) groups is 1. The zero-order valence-electron chi connectivity index (χ0n) is 10.0. The Labute approximate surface area is 107 Å². The molecule has 0 aromatic heterocycles. The summed E-state index contributed by atoms with van der Waals surface area (Å²) in [6.07, 6.45) is 3.71. The normalized spacial score (nSPS) is 26.6. The van der Waals surface area contributed by atoms with Gasteiger partial charge in [0.1, 0.15) is 0 Å². The lowest BCUT2D eigenvalue weighted by Crippen LogP contribution is -2.37. The van der Waals surface area contributed by atoms with E-state index in [-0.39, 0.29) is 5.91 Å². The van der Waals surface area contributed by atoms with Crippen LogP contribution < -0.4 is 0 Å². The number of hydrogen-bond donors (Lipinski definition) is 1. The van der Waals surface area contributed by atoms with Gasteiger partial charge in [0, 0.05) is 23.0 Å². The number of amides is 1. The summed E-state index contributed by atoms with van der Waals surface area (Å²) in [6.45, 7) is 2.95. The lowest BCUT2D eigenvalue weighted by atomic mass is 10.1. The van der Waals surface area contributed by atoms with Crippen LogP contribution in [0.3, 0.4) is 0 Å². The Bertz CT molecular complexity index is 471. The van der Waals surface area contributed by atoms with E-state index in [1.807, 2.05) is 25.1 Å². The third-order valence-corrected chi connectivity index (χ3v) is 4.40. The third-order valence-electron chi connectivity index (χ3n) is 4.12. The van der Waals surface area contributed by atoms with Crippen LogP contribution in [0, 0.1) is 12.8 Å². The molecule has 2 fully saturated rings. The number of piperidine rings is 1. The van der Waals surface area contributed by atoms with Crippen LogP contribution in [0.25, 0.3) is 0 Å². The minimum absolute atomic E-state index is 0.200. The van der Waals surface area contributed by atoms with E-state index in [1.54, 1.807) is 0 Å². The largest absolute Gasteiger partial charge is 0.335 e. The maximum atomic E-state index is 12.5. The van der Waals surface area contributed by atoms with Crippen LogP contribution in [0.1, 0.15) is 35.2 Å². The predicted molar refractivity (Wildman–Crippen MR) is 70.6 cm³/mol. The number of nitrogens with zero attached hydrogens (tertiary/aromatic N) is 1. The summed E-state index contributed by atoms with van der Waals surface area (Å²) in [7, 11) is 0. The summed E-state index contributed by atoms with van der Waals surface area (Å²) < 4.78 is 0. The molecule has 3 rings (SSSR count). The van der Waals surface area contributed by atoms with Crippen molar-refractivity contribution in [1.29, 1.82) is 0 Å². The van der Waals surface area contributed by atoms with Crippen LogP contribution >= 0.6 is 12.6 Å². The molecule has 2 unspecified atom stereocenters. The van der Waals surface area contributed by atoms with Crippen LogP contribution in [0.15, 0.2) is 23.1 Å². The highest BCUT2D eigenvalue weighted by Crippen LogP contribution is 2.38. The summed E-state index contributed by atoms with van der Waals surface area (Å²) in [5, 5.41) is 0. The van der Waals surface area contributed by atoms with Gasteiger partial charge in [-0.1, -0.05) is 6.07 Å². The SMILES string of the molecule is Cc1ccc(S)cc1C(=O)N1CC2CCC1C2. The smallest absolute Gasteiger partial charge is 0.254 e. The fourth-order valence-electron chi connectivity index (χ4n) is 3.17. The van der Waals surface area contributed by atoms with Gasteiger partial charge in [-0.05, 0) is 49.8 Å². The van der Waals surface area contributed by atoms with Crippen molar-refractivity contribution in [1.82, 2.24) is 4.90 Å². The Kier molecular flexibility index (Phi) is 2.66. The number of thiol groups is 1. The maximum absolute atomic E-state index is 12.5. The van der Waals surface area contributed by atoms with Crippen LogP contribution in [-0.2, 0) is 0 Å². The van der Waals surface area contributed by atoms with E-state index >= 15 is 0 Å². The highest BCUT2D eigenvalue weighted by atomic mass is 32.1. The molecule has 1 saturated heterocycles. The molecule has 0 N–H and O–H groups in total. The van der Waals surface area contributed by atoms with E-state index < -0.39 is 0 Å². The molecule has 1 heterocycles. The predicted octanol–water partition coefficient (Wildman–Crippen LogP) is 2.91. The van der Waals surface area contributed by atoms with Gasteiger partial charge in [0.2, 0.25) is 0 Å². The molecule has 1 aliphatic heterocycles. The molecule has 17 heavy (non-hydrogen) atoms. The second-order valence-corrected chi connectivity index (χ2v) is 5.81. The second-order valence-electron chi connectivity index (χ2n) is 5.29. The Morgan fingerprint density at radius 3 is 2.88 bits per heavy atom. The Hall–Kier alpha value is -0.960. The highest BCUT2D eigenvalue weighted by Gasteiger charge is 2.40. The zero-order chi connectivity index (χ0) is 12.0. The molecule has 0 radical (unpaired) electrons. The molecule has 1 saturated carbocycles. The Morgan fingerprint density at radius 1 is 1.41 bits per heavy atom. The topological polar surface area (TPSA) is 20.3 Å². The molecule has 1 aromatic carbocycles. The first-order chi connectivity index (χ1) is 8.15. The molecule has 1 aliphatic carbocycles. The Balaban J connectivity index is 1.89. The molecule has 0 spiro atoms. The third kappa shape index (κ3) is 1.86. The van der Waals surface area contributed by atoms with Crippen LogP contribution in [0.5, 0.6) is 0 Å². The minimum Gasteiger partial charge on any atom is -0.335 e. The van der Waals surface area contributed by atoms with E-state index in [4.69, 9.17) is 0 Å². The average Bonchev–Trinajstić information content (AvgIpc) is 2.93. The molecule has 3 heteroatoms. The first kappa shape index (κ1) is 11.1. The standard InChI is InChI=1S/C14H17NOS/c1-9-2-5-12(17)7-13(9)14(16)15-8-10-3-4-11(15)6-10/h2,5,7,10-11,17H,3-4,6,8H2,1H3. The molecular formula is C14H17NOS. The zero-order valence-corrected chi connectivity index (χ0v) is 10.9. The van der Waals surface area contributed by atoms with Crippen LogP contribution in [0.4, 0.5) is 0 Å².